The van der Waals surface area contributed by atoms with Crippen molar-refractivity contribution in [3.8, 4) is 0 Å². The van der Waals surface area contributed by atoms with Gasteiger partial charge in [-0.25, -0.2) is 4.98 Å². The molecule has 1 amide bonds. The van der Waals surface area contributed by atoms with Crippen molar-refractivity contribution >= 4 is 17.2 Å². The molecular weight excluding hydrogens is 250 g/mol. The van der Waals surface area contributed by atoms with E-state index >= 15 is 0 Å². The number of rotatable bonds is 4. The lowest BCUT2D eigenvalue weighted by Crippen LogP contribution is -2.38. The van der Waals surface area contributed by atoms with E-state index in [0.717, 1.165) is 4.88 Å². The van der Waals surface area contributed by atoms with Gasteiger partial charge in [0, 0.05) is 17.3 Å². The minimum absolute atomic E-state index is 0.128. The number of aromatic nitrogens is 2. The molecule has 0 saturated carbocycles. The van der Waals surface area contributed by atoms with E-state index < -0.39 is 5.60 Å². The number of amides is 1. The zero-order valence-corrected chi connectivity index (χ0v) is 10.6. The summed E-state index contributed by atoms with van der Waals surface area (Å²) in [4.78, 5) is 20.3. The third-order valence-corrected chi connectivity index (χ3v) is 3.56. The lowest BCUT2D eigenvalue weighted by molar-refractivity contribution is 0.0555. The Morgan fingerprint density at radius 1 is 1.56 bits per heavy atom. The molecule has 0 aliphatic rings. The molecule has 0 aliphatic heterocycles. The maximum Gasteiger partial charge on any atom is 0.271 e. The van der Waals surface area contributed by atoms with Gasteiger partial charge >= 0.3 is 0 Å². The molecule has 0 saturated heterocycles. The van der Waals surface area contributed by atoms with Crippen molar-refractivity contribution in [3.63, 3.8) is 0 Å². The van der Waals surface area contributed by atoms with E-state index in [1.54, 1.807) is 6.92 Å². The van der Waals surface area contributed by atoms with Crippen LogP contribution in [-0.2, 0) is 5.60 Å². The molecule has 0 aliphatic carbocycles. The number of hydrogen-bond acceptors (Lipinski definition) is 5. The average Bonchev–Trinajstić information content (AvgIpc) is 2.92. The number of hydrogen-bond donors (Lipinski definition) is 2. The predicted octanol–water partition coefficient (Wildman–Crippen LogP) is 1.18. The molecule has 0 radical (unpaired) electrons. The lowest BCUT2D eigenvalue weighted by Gasteiger charge is -2.22. The van der Waals surface area contributed by atoms with Crippen LogP contribution < -0.4 is 5.32 Å². The van der Waals surface area contributed by atoms with E-state index in [-0.39, 0.29) is 18.1 Å². The fourth-order valence-corrected chi connectivity index (χ4v) is 2.22. The summed E-state index contributed by atoms with van der Waals surface area (Å²) in [5, 5.41) is 14.8. The Morgan fingerprint density at radius 3 is 3.00 bits per heavy atom. The molecule has 5 nitrogen and oxygen atoms in total. The maximum atomic E-state index is 11.7. The molecule has 2 heterocycles. The molecule has 2 aromatic rings. The Balaban J connectivity index is 1.98. The predicted molar refractivity (Wildman–Crippen MR) is 68.3 cm³/mol. The lowest BCUT2D eigenvalue weighted by atomic mass is 10.1. The summed E-state index contributed by atoms with van der Waals surface area (Å²) in [6.45, 7) is 1.79. The van der Waals surface area contributed by atoms with Gasteiger partial charge in [-0.05, 0) is 18.4 Å². The Bertz CT molecular complexity index is 511. The van der Waals surface area contributed by atoms with Crippen LogP contribution in [0.2, 0.25) is 0 Å². The smallest absolute Gasteiger partial charge is 0.271 e. The summed E-state index contributed by atoms with van der Waals surface area (Å²) < 4.78 is 0. The molecule has 2 aromatic heterocycles. The van der Waals surface area contributed by atoms with Crippen molar-refractivity contribution in [2.24, 2.45) is 0 Å². The van der Waals surface area contributed by atoms with Crippen LogP contribution in [0.3, 0.4) is 0 Å². The van der Waals surface area contributed by atoms with E-state index in [0.29, 0.717) is 0 Å². The van der Waals surface area contributed by atoms with Crippen molar-refractivity contribution < 1.29 is 9.90 Å². The topological polar surface area (TPSA) is 75.1 Å². The molecule has 6 heteroatoms. The standard InChI is InChI=1S/C12H13N3O2S/c1-12(17,10-3-2-6-18-10)8-15-11(16)9-7-13-4-5-14-9/h2-7,17H,8H2,1H3,(H,15,16)/t12-/m1/s1. The van der Waals surface area contributed by atoms with Crippen molar-refractivity contribution in [2.45, 2.75) is 12.5 Å². The minimum Gasteiger partial charge on any atom is -0.383 e. The van der Waals surface area contributed by atoms with Crippen LogP contribution in [0.1, 0.15) is 22.3 Å². The highest BCUT2D eigenvalue weighted by atomic mass is 32.1. The van der Waals surface area contributed by atoms with Crippen LogP contribution in [-0.4, -0.2) is 27.5 Å². The number of aliphatic hydroxyl groups is 1. The summed E-state index contributed by atoms with van der Waals surface area (Å²) in [6, 6.07) is 3.69. The molecule has 18 heavy (non-hydrogen) atoms. The molecule has 0 unspecified atom stereocenters. The fraction of sp³-hybridized carbons (Fsp3) is 0.250. The van der Waals surface area contributed by atoms with Crippen LogP contribution in [0, 0.1) is 0 Å². The number of carbonyl (C=O) groups is 1. The van der Waals surface area contributed by atoms with E-state index in [1.165, 1.54) is 29.9 Å². The van der Waals surface area contributed by atoms with Gasteiger partial charge in [-0.15, -0.1) is 11.3 Å². The zero-order chi connectivity index (χ0) is 13.0. The second kappa shape index (κ2) is 5.24. The average molecular weight is 263 g/mol. The Kier molecular flexibility index (Phi) is 3.69. The molecular formula is C12H13N3O2S. The summed E-state index contributed by atoms with van der Waals surface area (Å²) >= 11 is 1.45. The maximum absolute atomic E-state index is 11.7. The van der Waals surface area contributed by atoms with Gasteiger partial charge in [-0.2, -0.15) is 0 Å². The highest BCUT2D eigenvalue weighted by Crippen LogP contribution is 2.24. The SMILES string of the molecule is C[C@@](O)(CNC(=O)c1cnccn1)c1cccs1. The molecule has 1 atom stereocenters. The zero-order valence-electron chi connectivity index (χ0n) is 9.83. The van der Waals surface area contributed by atoms with Gasteiger partial charge < -0.3 is 10.4 Å². The third-order valence-electron chi connectivity index (χ3n) is 2.44. The monoisotopic (exact) mass is 263 g/mol. The molecule has 2 rings (SSSR count). The largest absolute Gasteiger partial charge is 0.383 e. The van der Waals surface area contributed by atoms with Crippen molar-refractivity contribution in [1.82, 2.24) is 15.3 Å². The van der Waals surface area contributed by atoms with Gasteiger partial charge in [0.15, 0.2) is 0 Å². The molecule has 0 fully saturated rings. The number of nitrogens with zero attached hydrogens (tertiary/aromatic N) is 2. The highest BCUT2D eigenvalue weighted by Gasteiger charge is 2.25. The quantitative estimate of drug-likeness (QED) is 0.868. The summed E-state index contributed by atoms with van der Waals surface area (Å²) in [5.41, 5.74) is -0.842. The fourth-order valence-electron chi connectivity index (χ4n) is 1.43. The van der Waals surface area contributed by atoms with Gasteiger partial charge in [-0.1, -0.05) is 6.07 Å². The van der Waals surface area contributed by atoms with Crippen LogP contribution in [0.5, 0.6) is 0 Å². The summed E-state index contributed by atoms with van der Waals surface area (Å²) in [5.74, 6) is -0.347. The van der Waals surface area contributed by atoms with Gasteiger partial charge in [0.05, 0.1) is 12.7 Å². The molecule has 0 spiro atoms. The first-order chi connectivity index (χ1) is 8.59. The Labute approximate surface area is 109 Å². The first-order valence-corrected chi connectivity index (χ1v) is 6.28. The van der Waals surface area contributed by atoms with Gasteiger partial charge in [-0.3, -0.25) is 9.78 Å². The molecule has 0 aromatic carbocycles. The summed E-state index contributed by atoms with van der Waals surface area (Å²) in [6.07, 6.45) is 4.33. The molecule has 0 bridgehead atoms. The molecule has 94 valence electrons. The van der Waals surface area contributed by atoms with Gasteiger partial charge in [0.1, 0.15) is 11.3 Å². The van der Waals surface area contributed by atoms with E-state index in [4.69, 9.17) is 0 Å². The van der Waals surface area contributed by atoms with Gasteiger partial charge in [0.25, 0.3) is 5.91 Å². The normalized spacial score (nSPS) is 13.9. The first-order valence-electron chi connectivity index (χ1n) is 5.40. The van der Waals surface area contributed by atoms with Crippen molar-refractivity contribution in [1.29, 1.82) is 0 Å². The van der Waals surface area contributed by atoms with Crippen molar-refractivity contribution in [3.05, 3.63) is 46.7 Å². The first kappa shape index (κ1) is 12.7. The minimum atomic E-state index is -1.08. The summed E-state index contributed by atoms with van der Waals surface area (Å²) in [7, 11) is 0. The van der Waals surface area contributed by atoms with Crippen LogP contribution in [0.4, 0.5) is 0 Å². The van der Waals surface area contributed by atoms with Gasteiger partial charge in [0.2, 0.25) is 0 Å². The Hall–Kier alpha value is -1.79. The second-order valence-corrected chi connectivity index (χ2v) is 4.97. The number of nitrogens with one attached hydrogen (secondary N) is 1. The number of carbonyl (C=O) groups excluding carboxylic acids is 1. The van der Waals surface area contributed by atoms with Crippen LogP contribution in [0.25, 0.3) is 0 Å². The van der Waals surface area contributed by atoms with E-state index in [1.807, 2.05) is 17.5 Å². The van der Waals surface area contributed by atoms with Crippen molar-refractivity contribution in [2.75, 3.05) is 6.54 Å². The van der Waals surface area contributed by atoms with E-state index in [2.05, 4.69) is 15.3 Å². The third kappa shape index (κ3) is 2.91. The van der Waals surface area contributed by atoms with Crippen LogP contribution in [0.15, 0.2) is 36.1 Å². The highest BCUT2D eigenvalue weighted by molar-refractivity contribution is 7.10. The van der Waals surface area contributed by atoms with Crippen LogP contribution >= 0.6 is 11.3 Å². The Morgan fingerprint density at radius 2 is 2.39 bits per heavy atom. The second-order valence-electron chi connectivity index (χ2n) is 4.02. The number of thiophene rings is 1. The van der Waals surface area contributed by atoms with E-state index in [9.17, 15) is 9.90 Å². The molecule has 2 N–H and O–H groups in total.